The van der Waals surface area contributed by atoms with E-state index in [1.54, 1.807) is 6.07 Å². The molecule has 0 bridgehead atoms. The zero-order valence-electron chi connectivity index (χ0n) is 15.0. The first-order valence-corrected chi connectivity index (χ1v) is 8.83. The molecule has 3 aromatic carbocycles. The zero-order valence-corrected chi connectivity index (χ0v) is 15.0. The summed E-state index contributed by atoms with van der Waals surface area (Å²) in [5.41, 5.74) is 5.64. The van der Waals surface area contributed by atoms with Crippen molar-refractivity contribution < 1.29 is 4.79 Å². The molecule has 0 aliphatic heterocycles. The van der Waals surface area contributed by atoms with Crippen LogP contribution in [0.4, 0.5) is 5.69 Å². The summed E-state index contributed by atoms with van der Waals surface area (Å²) in [4.78, 5) is 14.7. The first-order chi connectivity index (χ1) is 13.2. The summed E-state index contributed by atoms with van der Waals surface area (Å²) in [5, 5.41) is 9.50. The number of carbonyl (C=O) groups is 1. The Bertz CT molecular complexity index is 1070. The van der Waals surface area contributed by atoms with Crippen LogP contribution in [0.3, 0.4) is 0 Å². The van der Waals surface area contributed by atoms with Gasteiger partial charge in [-0.05, 0) is 28.8 Å². The highest BCUT2D eigenvalue weighted by Gasteiger charge is 2.29. The molecule has 3 aromatic rings. The molecule has 0 unspecified atom stereocenters. The second-order valence-corrected chi connectivity index (χ2v) is 6.63. The van der Waals surface area contributed by atoms with Crippen LogP contribution < -0.4 is 4.90 Å². The smallest absolute Gasteiger partial charge is 0.204 e. The van der Waals surface area contributed by atoms with E-state index in [1.165, 1.54) is 5.56 Å². The van der Waals surface area contributed by atoms with E-state index in [0.717, 1.165) is 28.9 Å². The van der Waals surface area contributed by atoms with Crippen molar-refractivity contribution in [1.82, 2.24) is 0 Å². The monoisotopic (exact) mass is 350 g/mol. The molecule has 130 valence electrons. The van der Waals surface area contributed by atoms with Crippen LogP contribution >= 0.6 is 0 Å². The normalized spacial score (nSPS) is 12.7. The summed E-state index contributed by atoms with van der Waals surface area (Å²) < 4.78 is 0. The summed E-state index contributed by atoms with van der Waals surface area (Å²) in [6.07, 6.45) is 0. The van der Waals surface area contributed by atoms with Gasteiger partial charge in [0.25, 0.3) is 0 Å². The molecule has 0 saturated heterocycles. The average molecular weight is 350 g/mol. The summed E-state index contributed by atoms with van der Waals surface area (Å²) in [6.45, 7) is 0.782. The van der Waals surface area contributed by atoms with Crippen LogP contribution in [-0.2, 0) is 6.54 Å². The number of ketones is 1. The Morgan fingerprint density at radius 2 is 1.48 bits per heavy atom. The minimum absolute atomic E-state index is 0.184. The van der Waals surface area contributed by atoms with Gasteiger partial charge in [-0.25, -0.2) is 0 Å². The first kappa shape index (κ1) is 16.8. The van der Waals surface area contributed by atoms with Crippen molar-refractivity contribution in [2.75, 3.05) is 11.9 Å². The summed E-state index contributed by atoms with van der Waals surface area (Å²) in [5.74, 6) is -0.184. The number of allylic oxidation sites excluding steroid dienone is 1. The fraction of sp³-hybridized carbons (Fsp3) is 0.0833. The molecule has 0 aromatic heterocycles. The molecule has 0 heterocycles. The Morgan fingerprint density at radius 1 is 0.852 bits per heavy atom. The van der Waals surface area contributed by atoms with Gasteiger partial charge in [0.2, 0.25) is 5.78 Å². The maximum absolute atomic E-state index is 12.5. The molecule has 0 spiro atoms. The SMILES string of the molecule is CN(Cc1ccc(C2=C(C#N)C(=O)c3ccccc32)cc1)c1ccccc1. The van der Waals surface area contributed by atoms with Gasteiger partial charge in [0, 0.05) is 30.4 Å². The minimum Gasteiger partial charge on any atom is -0.370 e. The van der Waals surface area contributed by atoms with Crippen molar-refractivity contribution >= 4 is 17.0 Å². The van der Waals surface area contributed by atoms with Crippen molar-refractivity contribution in [1.29, 1.82) is 5.26 Å². The molecule has 1 aliphatic carbocycles. The van der Waals surface area contributed by atoms with E-state index in [4.69, 9.17) is 0 Å². The Kier molecular flexibility index (Phi) is 4.32. The highest BCUT2D eigenvalue weighted by molar-refractivity contribution is 6.25. The van der Waals surface area contributed by atoms with Crippen LogP contribution in [-0.4, -0.2) is 12.8 Å². The predicted molar refractivity (Wildman–Crippen MR) is 107 cm³/mol. The van der Waals surface area contributed by atoms with Gasteiger partial charge in [-0.2, -0.15) is 5.26 Å². The van der Waals surface area contributed by atoms with E-state index in [0.29, 0.717) is 5.56 Å². The highest BCUT2D eigenvalue weighted by Crippen LogP contribution is 2.37. The second kappa shape index (κ2) is 6.93. The van der Waals surface area contributed by atoms with Gasteiger partial charge in [-0.3, -0.25) is 4.79 Å². The average Bonchev–Trinajstić information content (AvgIpc) is 3.01. The van der Waals surface area contributed by atoms with Crippen LogP contribution in [0.1, 0.15) is 27.0 Å². The lowest BCUT2D eigenvalue weighted by Gasteiger charge is -2.19. The van der Waals surface area contributed by atoms with E-state index < -0.39 is 0 Å². The van der Waals surface area contributed by atoms with Crippen LogP contribution in [0.2, 0.25) is 0 Å². The lowest BCUT2D eigenvalue weighted by molar-refractivity contribution is 0.104. The first-order valence-electron chi connectivity index (χ1n) is 8.83. The van der Waals surface area contributed by atoms with Gasteiger partial charge in [0.05, 0.1) is 0 Å². The molecule has 0 radical (unpaired) electrons. The Labute approximate surface area is 158 Å². The maximum atomic E-state index is 12.5. The lowest BCUT2D eigenvalue weighted by Crippen LogP contribution is -2.16. The third-order valence-electron chi connectivity index (χ3n) is 4.89. The molecular formula is C24H18N2O. The van der Waals surface area contributed by atoms with Crippen molar-refractivity contribution in [3.63, 3.8) is 0 Å². The minimum atomic E-state index is -0.184. The number of para-hydroxylation sites is 1. The number of nitrogens with zero attached hydrogens (tertiary/aromatic N) is 2. The van der Waals surface area contributed by atoms with E-state index in [2.05, 4.69) is 42.3 Å². The summed E-state index contributed by atoms with van der Waals surface area (Å²) >= 11 is 0. The van der Waals surface area contributed by atoms with Crippen molar-refractivity contribution in [2.45, 2.75) is 6.54 Å². The van der Waals surface area contributed by atoms with Crippen LogP contribution in [0.5, 0.6) is 0 Å². The van der Waals surface area contributed by atoms with Gasteiger partial charge in [-0.15, -0.1) is 0 Å². The Morgan fingerprint density at radius 3 is 2.15 bits per heavy atom. The number of hydrogen-bond acceptors (Lipinski definition) is 3. The second-order valence-electron chi connectivity index (χ2n) is 6.63. The summed E-state index contributed by atoms with van der Waals surface area (Å²) in [6, 6.07) is 27.9. The van der Waals surface area contributed by atoms with Crippen molar-refractivity contribution in [3.8, 4) is 6.07 Å². The Hall–Kier alpha value is -3.64. The number of hydrogen-bond donors (Lipinski definition) is 0. The van der Waals surface area contributed by atoms with E-state index in [-0.39, 0.29) is 11.4 Å². The molecular weight excluding hydrogens is 332 g/mol. The van der Waals surface area contributed by atoms with Crippen LogP contribution in [0.25, 0.3) is 5.57 Å². The molecule has 0 amide bonds. The zero-order chi connectivity index (χ0) is 18.8. The Balaban J connectivity index is 1.64. The quantitative estimate of drug-likeness (QED) is 0.676. The molecule has 0 saturated carbocycles. The number of anilines is 1. The van der Waals surface area contributed by atoms with E-state index >= 15 is 0 Å². The topological polar surface area (TPSA) is 44.1 Å². The number of Topliss-reactive ketones (excluding diaryl/α,β-unsaturated/α-hetero) is 1. The molecule has 0 atom stereocenters. The van der Waals surface area contributed by atoms with Crippen LogP contribution in [0.15, 0.2) is 84.4 Å². The number of nitriles is 1. The number of fused-ring (bicyclic) bond motifs is 1. The van der Waals surface area contributed by atoms with Gasteiger partial charge in [-0.1, -0.05) is 66.7 Å². The molecule has 3 nitrogen and oxygen atoms in total. The molecule has 0 N–H and O–H groups in total. The molecule has 3 heteroatoms. The standard InChI is InChI=1S/C24H18N2O/c1-26(19-7-3-2-4-8-19)16-17-11-13-18(14-12-17)23-20-9-5-6-10-21(20)24(27)22(23)15-25/h2-14H,16H2,1H3. The number of benzene rings is 3. The molecule has 4 rings (SSSR count). The third kappa shape index (κ3) is 3.02. The summed E-state index contributed by atoms with van der Waals surface area (Å²) in [7, 11) is 2.06. The molecule has 0 fully saturated rings. The molecule has 27 heavy (non-hydrogen) atoms. The number of carbonyl (C=O) groups excluding carboxylic acids is 1. The van der Waals surface area contributed by atoms with Crippen molar-refractivity contribution in [2.24, 2.45) is 0 Å². The van der Waals surface area contributed by atoms with Gasteiger partial charge in [0.15, 0.2) is 0 Å². The lowest BCUT2D eigenvalue weighted by atomic mass is 9.97. The van der Waals surface area contributed by atoms with Gasteiger partial charge < -0.3 is 4.90 Å². The van der Waals surface area contributed by atoms with Crippen LogP contribution in [0, 0.1) is 11.3 Å². The number of rotatable bonds is 4. The van der Waals surface area contributed by atoms with E-state index in [9.17, 15) is 10.1 Å². The van der Waals surface area contributed by atoms with E-state index in [1.807, 2.05) is 48.5 Å². The van der Waals surface area contributed by atoms with Gasteiger partial charge in [0.1, 0.15) is 11.6 Å². The predicted octanol–water partition coefficient (Wildman–Crippen LogP) is 4.84. The fourth-order valence-electron chi connectivity index (χ4n) is 3.51. The molecule has 1 aliphatic rings. The maximum Gasteiger partial charge on any atom is 0.204 e. The van der Waals surface area contributed by atoms with Crippen molar-refractivity contribution in [3.05, 3.63) is 107 Å². The fourth-order valence-corrected chi connectivity index (χ4v) is 3.51. The van der Waals surface area contributed by atoms with Gasteiger partial charge >= 0.3 is 0 Å². The largest absolute Gasteiger partial charge is 0.370 e. The third-order valence-corrected chi connectivity index (χ3v) is 4.89. The highest BCUT2D eigenvalue weighted by atomic mass is 16.1.